The molecule has 3 rings (SSSR count). The number of piperidine rings is 1. The lowest BCUT2D eigenvalue weighted by Gasteiger charge is -2.32. The molecule has 21 heavy (non-hydrogen) atoms. The Morgan fingerprint density at radius 1 is 1.14 bits per heavy atom. The number of para-hydroxylation sites is 1. The predicted molar refractivity (Wildman–Crippen MR) is 84.3 cm³/mol. The number of fused-ring (bicyclic) bond motifs is 1. The fourth-order valence-corrected chi connectivity index (χ4v) is 3.34. The molecule has 1 aromatic rings. The van der Waals surface area contributed by atoms with Gasteiger partial charge in [0, 0.05) is 12.2 Å². The molecule has 1 aromatic carbocycles. The fourth-order valence-electron chi connectivity index (χ4n) is 3.34. The van der Waals surface area contributed by atoms with Crippen LogP contribution in [0.15, 0.2) is 36.1 Å². The van der Waals surface area contributed by atoms with Gasteiger partial charge in [-0.2, -0.15) is 0 Å². The van der Waals surface area contributed by atoms with E-state index in [0.717, 1.165) is 43.9 Å². The molecule has 1 unspecified atom stereocenters. The molecule has 0 aliphatic carbocycles. The number of hydrogen-bond acceptors (Lipinski definition) is 3. The van der Waals surface area contributed by atoms with Gasteiger partial charge in [-0.15, -0.1) is 0 Å². The van der Waals surface area contributed by atoms with Crippen LogP contribution in [0.3, 0.4) is 0 Å². The van der Waals surface area contributed by atoms with E-state index in [0.29, 0.717) is 6.04 Å². The summed E-state index contributed by atoms with van der Waals surface area (Å²) in [5.74, 6) is 2.11. The van der Waals surface area contributed by atoms with Crippen LogP contribution in [-0.4, -0.2) is 29.7 Å². The summed E-state index contributed by atoms with van der Waals surface area (Å²) in [7, 11) is 0. The molecule has 1 atom stereocenters. The predicted octanol–water partition coefficient (Wildman–Crippen LogP) is 3.65. The number of ether oxygens (including phenoxy) is 1. The van der Waals surface area contributed by atoms with Crippen LogP contribution in [0.25, 0.3) is 0 Å². The van der Waals surface area contributed by atoms with Crippen LogP contribution in [0.2, 0.25) is 0 Å². The van der Waals surface area contributed by atoms with Gasteiger partial charge in [0.1, 0.15) is 11.5 Å². The number of aliphatic hydroxyl groups is 1. The number of unbranched alkanes of at least 4 members (excludes halogenated alkanes) is 2. The Morgan fingerprint density at radius 2 is 1.95 bits per heavy atom. The minimum atomic E-state index is 0.278. The molecule has 3 nitrogen and oxygen atoms in total. The third kappa shape index (κ3) is 3.30. The summed E-state index contributed by atoms with van der Waals surface area (Å²) in [6.45, 7) is 2.60. The first kappa shape index (κ1) is 14.6. The molecule has 0 saturated carbocycles. The zero-order valence-electron chi connectivity index (χ0n) is 12.6. The number of hydrogen-bond donors (Lipinski definition) is 1. The Hall–Kier alpha value is -1.32. The molecule has 1 saturated heterocycles. The van der Waals surface area contributed by atoms with Crippen LogP contribution in [0.5, 0.6) is 5.75 Å². The van der Waals surface area contributed by atoms with Crippen molar-refractivity contribution in [2.24, 2.45) is 0 Å². The van der Waals surface area contributed by atoms with E-state index in [2.05, 4.69) is 29.2 Å². The second-order valence-electron chi connectivity index (χ2n) is 5.96. The summed E-state index contributed by atoms with van der Waals surface area (Å²) < 4.78 is 6.11. The molecule has 2 heterocycles. The van der Waals surface area contributed by atoms with Crippen LogP contribution in [0.4, 0.5) is 0 Å². The van der Waals surface area contributed by atoms with Crippen LogP contribution in [0, 0.1) is 0 Å². The van der Waals surface area contributed by atoms with E-state index in [-0.39, 0.29) is 6.61 Å². The largest absolute Gasteiger partial charge is 0.460 e. The van der Waals surface area contributed by atoms with Crippen molar-refractivity contribution >= 4 is 0 Å². The molecule has 0 radical (unpaired) electrons. The number of likely N-dealkylation sites (tertiary alicyclic amines) is 1. The quantitative estimate of drug-likeness (QED) is 0.839. The van der Waals surface area contributed by atoms with E-state index < -0.39 is 0 Å². The van der Waals surface area contributed by atoms with Gasteiger partial charge in [0.05, 0.1) is 6.04 Å². The average molecular weight is 287 g/mol. The highest BCUT2D eigenvalue weighted by molar-refractivity contribution is 5.45. The van der Waals surface area contributed by atoms with Gasteiger partial charge < -0.3 is 9.84 Å². The van der Waals surface area contributed by atoms with Crippen LogP contribution in [0.1, 0.15) is 50.1 Å². The van der Waals surface area contributed by atoms with Crippen LogP contribution >= 0.6 is 0 Å². The van der Waals surface area contributed by atoms with Crippen LogP contribution in [-0.2, 0) is 0 Å². The number of nitrogens with zero attached hydrogens (tertiary/aromatic N) is 1. The van der Waals surface area contributed by atoms with Crippen molar-refractivity contribution in [3.63, 3.8) is 0 Å². The zero-order chi connectivity index (χ0) is 14.5. The van der Waals surface area contributed by atoms with Gasteiger partial charge in [-0.1, -0.05) is 24.6 Å². The second-order valence-corrected chi connectivity index (χ2v) is 5.96. The highest BCUT2D eigenvalue weighted by Gasteiger charge is 2.34. The summed E-state index contributed by atoms with van der Waals surface area (Å²) in [4.78, 5) is 2.56. The van der Waals surface area contributed by atoms with Gasteiger partial charge in [-0.3, -0.25) is 4.90 Å². The second kappa shape index (κ2) is 7.10. The summed E-state index contributed by atoms with van der Waals surface area (Å²) in [5, 5.41) is 8.90. The van der Waals surface area contributed by atoms with Crippen molar-refractivity contribution in [2.75, 3.05) is 19.7 Å². The van der Waals surface area contributed by atoms with Crippen molar-refractivity contribution < 1.29 is 9.84 Å². The minimum absolute atomic E-state index is 0.278. The molecule has 1 fully saturated rings. The maximum atomic E-state index is 8.90. The molecule has 114 valence electrons. The molecule has 2 aliphatic rings. The normalized spacial score (nSPS) is 24.0. The van der Waals surface area contributed by atoms with E-state index in [9.17, 15) is 0 Å². The topological polar surface area (TPSA) is 32.7 Å². The average Bonchev–Trinajstić information content (AvgIpc) is 2.90. The SMILES string of the molecule is OCCCC/C=C1\Oc2ccccc2C1N1CCCCC1. The zero-order valence-corrected chi connectivity index (χ0v) is 12.6. The number of aliphatic hydroxyl groups excluding tert-OH is 1. The smallest absolute Gasteiger partial charge is 0.132 e. The Morgan fingerprint density at radius 3 is 2.76 bits per heavy atom. The van der Waals surface area contributed by atoms with E-state index in [1.54, 1.807) is 0 Å². The van der Waals surface area contributed by atoms with Crippen molar-refractivity contribution in [2.45, 2.75) is 44.6 Å². The molecule has 0 aromatic heterocycles. The highest BCUT2D eigenvalue weighted by atomic mass is 16.5. The maximum Gasteiger partial charge on any atom is 0.132 e. The summed E-state index contributed by atoms with van der Waals surface area (Å²) in [6, 6.07) is 8.72. The lowest BCUT2D eigenvalue weighted by Crippen LogP contribution is -2.33. The van der Waals surface area contributed by atoms with Gasteiger partial charge in [-0.05, 0) is 57.3 Å². The summed E-state index contributed by atoms with van der Waals surface area (Å²) >= 11 is 0. The van der Waals surface area contributed by atoms with Gasteiger partial charge in [0.2, 0.25) is 0 Å². The molecule has 0 bridgehead atoms. The lowest BCUT2D eigenvalue weighted by atomic mass is 10.0. The molecular weight excluding hydrogens is 262 g/mol. The third-order valence-corrected chi connectivity index (χ3v) is 4.42. The number of benzene rings is 1. The Kier molecular flexibility index (Phi) is 4.94. The van der Waals surface area contributed by atoms with Crippen LogP contribution < -0.4 is 4.74 Å². The standard InChI is InChI=1S/C18H25NO2/c20-14-8-1-3-11-17-18(19-12-6-2-7-13-19)15-9-4-5-10-16(15)21-17/h4-5,9-11,18,20H,1-3,6-8,12-14H2/b17-11-. The molecule has 1 N–H and O–H groups in total. The van der Waals surface area contributed by atoms with Crippen molar-refractivity contribution in [3.05, 3.63) is 41.7 Å². The van der Waals surface area contributed by atoms with Gasteiger partial charge in [-0.25, -0.2) is 0 Å². The maximum absolute atomic E-state index is 8.90. The number of rotatable bonds is 5. The molecule has 3 heteroatoms. The first-order chi connectivity index (χ1) is 10.4. The van der Waals surface area contributed by atoms with E-state index >= 15 is 0 Å². The first-order valence-corrected chi connectivity index (χ1v) is 8.22. The monoisotopic (exact) mass is 287 g/mol. The van der Waals surface area contributed by atoms with E-state index in [4.69, 9.17) is 9.84 Å². The highest BCUT2D eigenvalue weighted by Crippen LogP contribution is 2.43. The lowest BCUT2D eigenvalue weighted by molar-refractivity contribution is 0.171. The van der Waals surface area contributed by atoms with Crippen molar-refractivity contribution in [1.29, 1.82) is 0 Å². The number of allylic oxidation sites excluding steroid dienone is 1. The minimum Gasteiger partial charge on any atom is -0.460 e. The van der Waals surface area contributed by atoms with Gasteiger partial charge in [0.15, 0.2) is 0 Å². The van der Waals surface area contributed by atoms with Gasteiger partial charge >= 0.3 is 0 Å². The molecular formula is C18H25NO2. The van der Waals surface area contributed by atoms with Gasteiger partial charge in [0.25, 0.3) is 0 Å². The molecule has 2 aliphatic heterocycles. The first-order valence-electron chi connectivity index (χ1n) is 8.22. The summed E-state index contributed by atoms with van der Waals surface area (Å²) in [6.07, 6.45) is 9.02. The third-order valence-electron chi connectivity index (χ3n) is 4.42. The van der Waals surface area contributed by atoms with E-state index in [1.807, 2.05) is 6.07 Å². The summed E-state index contributed by atoms with van der Waals surface area (Å²) in [5.41, 5.74) is 1.31. The Labute approximate surface area is 127 Å². The fraction of sp³-hybridized carbons (Fsp3) is 0.556. The Bertz CT molecular complexity index is 492. The van der Waals surface area contributed by atoms with Crippen molar-refractivity contribution in [1.82, 2.24) is 4.90 Å². The van der Waals surface area contributed by atoms with Crippen molar-refractivity contribution in [3.8, 4) is 5.75 Å². The molecule has 0 spiro atoms. The Balaban J connectivity index is 1.79. The molecule has 0 amide bonds. The van der Waals surface area contributed by atoms with E-state index in [1.165, 1.54) is 24.8 Å².